The predicted molar refractivity (Wildman–Crippen MR) is 101 cm³/mol. The molecular weight excluding hydrogens is 402 g/mol. The van der Waals surface area contributed by atoms with Gasteiger partial charge in [-0.05, 0) is 24.3 Å². The van der Waals surface area contributed by atoms with Gasteiger partial charge in [-0.15, -0.1) is 0 Å². The van der Waals surface area contributed by atoms with Crippen molar-refractivity contribution >= 4 is 29.6 Å². The average Bonchev–Trinajstić information content (AvgIpc) is 2.79. The quantitative estimate of drug-likeness (QED) is 0.202. The molecule has 1 aromatic rings. The standard InChI is InChI=1S/C19H21NO10/c1-26-11-8-6-10(7-9-11)20-14(18(24)29-4)12(16(22)27-2)13(17(23)28-3)15(21)19(25)30-5/h6-9,20-21H,1-5H3/b14-12?,15-13+. The lowest BCUT2D eigenvalue weighted by Gasteiger charge is -2.16. The molecule has 0 radical (unpaired) electrons. The maximum Gasteiger partial charge on any atom is 0.374 e. The lowest BCUT2D eigenvalue weighted by molar-refractivity contribution is -0.142. The number of benzene rings is 1. The highest BCUT2D eigenvalue weighted by Crippen LogP contribution is 2.25. The van der Waals surface area contributed by atoms with Crippen LogP contribution in [0.2, 0.25) is 0 Å². The van der Waals surface area contributed by atoms with Gasteiger partial charge in [-0.3, -0.25) is 0 Å². The van der Waals surface area contributed by atoms with E-state index in [1.807, 2.05) is 0 Å². The highest BCUT2D eigenvalue weighted by molar-refractivity contribution is 6.15. The first-order valence-corrected chi connectivity index (χ1v) is 8.17. The number of carbonyl (C=O) groups excluding carboxylic acids is 4. The Morgan fingerprint density at radius 2 is 1.17 bits per heavy atom. The monoisotopic (exact) mass is 423 g/mol. The summed E-state index contributed by atoms with van der Waals surface area (Å²) in [6.45, 7) is 0. The molecule has 0 atom stereocenters. The van der Waals surface area contributed by atoms with E-state index in [0.717, 1.165) is 28.4 Å². The van der Waals surface area contributed by atoms with Gasteiger partial charge in [0.2, 0.25) is 5.76 Å². The molecule has 0 aromatic heterocycles. The summed E-state index contributed by atoms with van der Waals surface area (Å²) < 4.78 is 23.3. The number of rotatable bonds is 8. The second-order valence-corrected chi connectivity index (χ2v) is 5.29. The van der Waals surface area contributed by atoms with Crippen molar-refractivity contribution in [1.82, 2.24) is 0 Å². The molecule has 0 amide bonds. The number of methoxy groups -OCH3 is 5. The summed E-state index contributed by atoms with van der Waals surface area (Å²) in [4.78, 5) is 49.0. The smallest absolute Gasteiger partial charge is 0.374 e. The van der Waals surface area contributed by atoms with Crippen LogP contribution in [-0.2, 0) is 38.1 Å². The maximum atomic E-state index is 12.5. The van der Waals surface area contributed by atoms with E-state index in [0.29, 0.717) is 5.75 Å². The van der Waals surface area contributed by atoms with Gasteiger partial charge < -0.3 is 34.1 Å². The lowest BCUT2D eigenvalue weighted by Crippen LogP contribution is -2.26. The molecule has 11 nitrogen and oxygen atoms in total. The number of aliphatic hydroxyl groups excluding tert-OH is 1. The van der Waals surface area contributed by atoms with E-state index in [1.54, 1.807) is 12.1 Å². The topological polar surface area (TPSA) is 147 Å². The third kappa shape index (κ3) is 5.50. The molecule has 162 valence electrons. The van der Waals surface area contributed by atoms with Crippen molar-refractivity contribution in [1.29, 1.82) is 0 Å². The number of esters is 4. The zero-order valence-corrected chi connectivity index (χ0v) is 16.9. The van der Waals surface area contributed by atoms with Crippen molar-refractivity contribution in [2.75, 3.05) is 40.9 Å². The molecule has 0 bridgehead atoms. The molecular formula is C19H21NO10. The van der Waals surface area contributed by atoms with Crippen molar-refractivity contribution < 1.29 is 48.0 Å². The number of hydrogen-bond acceptors (Lipinski definition) is 11. The Morgan fingerprint density at radius 3 is 1.60 bits per heavy atom. The van der Waals surface area contributed by atoms with Gasteiger partial charge in [-0.25, -0.2) is 19.2 Å². The van der Waals surface area contributed by atoms with Gasteiger partial charge in [0, 0.05) is 5.69 Å². The van der Waals surface area contributed by atoms with Gasteiger partial charge in [0.25, 0.3) is 0 Å². The average molecular weight is 423 g/mol. The van der Waals surface area contributed by atoms with Crippen molar-refractivity contribution in [3.8, 4) is 5.75 Å². The summed E-state index contributed by atoms with van der Waals surface area (Å²) in [6.07, 6.45) is 0. The fourth-order valence-electron chi connectivity index (χ4n) is 2.19. The molecule has 1 rings (SSSR count). The van der Waals surface area contributed by atoms with Crippen LogP contribution in [0.1, 0.15) is 0 Å². The number of nitrogens with one attached hydrogen (secondary N) is 1. The minimum absolute atomic E-state index is 0.277. The van der Waals surface area contributed by atoms with Gasteiger partial charge in [0.1, 0.15) is 22.6 Å². The number of hydrogen-bond donors (Lipinski definition) is 2. The second kappa shape index (κ2) is 11.1. The molecule has 0 aliphatic carbocycles. The van der Waals surface area contributed by atoms with Crippen LogP contribution >= 0.6 is 0 Å². The fraction of sp³-hybridized carbons (Fsp3) is 0.263. The minimum atomic E-state index is -1.36. The Kier molecular flexibility index (Phi) is 8.88. The normalized spacial score (nSPS) is 11.9. The molecule has 0 fully saturated rings. The highest BCUT2D eigenvalue weighted by Gasteiger charge is 2.35. The Bertz CT molecular complexity index is 883. The zero-order chi connectivity index (χ0) is 22.8. The van der Waals surface area contributed by atoms with Crippen LogP contribution in [0.15, 0.2) is 46.9 Å². The summed E-state index contributed by atoms with van der Waals surface area (Å²) in [5, 5.41) is 12.8. The number of anilines is 1. The number of carbonyl (C=O) groups is 4. The molecule has 11 heteroatoms. The molecule has 0 spiro atoms. The lowest BCUT2D eigenvalue weighted by atomic mass is 10.0. The van der Waals surface area contributed by atoms with Crippen LogP contribution in [0, 0.1) is 0 Å². The van der Waals surface area contributed by atoms with Gasteiger partial charge in [0.05, 0.1) is 35.5 Å². The molecule has 2 N–H and O–H groups in total. The highest BCUT2D eigenvalue weighted by atomic mass is 16.5. The molecule has 0 unspecified atom stereocenters. The summed E-state index contributed by atoms with van der Waals surface area (Å²) in [5.41, 5.74) is -2.10. The number of aliphatic hydroxyl groups is 1. The van der Waals surface area contributed by atoms with Crippen molar-refractivity contribution in [2.45, 2.75) is 0 Å². The third-order valence-corrected chi connectivity index (χ3v) is 3.64. The van der Waals surface area contributed by atoms with Crippen LogP contribution in [0.25, 0.3) is 0 Å². The summed E-state index contributed by atoms with van der Waals surface area (Å²) in [7, 11) is 5.33. The van der Waals surface area contributed by atoms with Crippen molar-refractivity contribution in [3.05, 3.63) is 46.9 Å². The molecule has 0 saturated carbocycles. The largest absolute Gasteiger partial charge is 0.501 e. The summed E-state index contributed by atoms with van der Waals surface area (Å²) in [6, 6.07) is 6.10. The fourth-order valence-corrected chi connectivity index (χ4v) is 2.19. The number of ether oxygens (including phenoxy) is 5. The Morgan fingerprint density at radius 1 is 0.700 bits per heavy atom. The van der Waals surface area contributed by atoms with E-state index >= 15 is 0 Å². The van der Waals surface area contributed by atoms with Crippen LogP contribution in [0.4, 0.5) is 5.69 Å². The Balaban J connectivity index is 3.86. The molecule has 0 heterocycles. The molecule has 0 aliphatic rings. The van der Waals surface area contributed by atoms with Crippen LogP contribution in [0.5, 0.6) is 5.75 Å². The first kappa shape index (κ1) is 24.0. The van der Waals surface area contributed by atoms with E-state index in [4.69, 9.17) is 4.74 Å². The first-order chi connectivity index (χ1) is 14.2. The van der Waals surface area contributed by atoms with Gasteiger partial charge in [-0.1, -0.05) is 0 Å². The molecule has 30 heavy (non-hydrogen) atoms. The molecule has 0 aliphatic heterocycles. The van der Waals surface area contributed by atoms with Crippen LogP contribution in [0.3, 0.4) is 0 Å². The Labute approximate surface area is 171 Å². The van der Waals surface area contributed by atoms with E-state index in [-0.39, 0.29) is 5.69 Å². The van der Waals surface area contributed by atoms with E-state index in [2.05, 4.69) is 24.3 Å². The zero-order valence-electron chi connectivity index (χ0n) is 16.9. The summed E-state index contributed by atoms with van der Waals surface area (Å²) in [5.74, 6) is -5.78. The first-order valence-electron chi connectivity index (χ1n) is 8.17. The summed E-state index contributed by atoms with van der Waals surface area (Å²) >= 11 is 0. The van der Waals surface area contributed by atoms with E-state index < -0.39 is 46.5 Å². The minimum Gasteiger partial charge on any atom is -0.501 e. The predicted octanol–water partition coefficient (Wildman–Crippen LogP) is 0.865. The Hall–Kier alpha value is -4.02. The van der Waals surface area contributed by atoms with Crippen LogP contribution in [-0.4, -0.2) is 64.5 Å². The van der Waals surface area contributed by atoms with Gasteiger partial charge >= 0.3 is 23.9 Å². The third-order valence-electron chi connectivity index (χ3n) is 3.64. The molecule has 0 saturated heterocycles. The van der Waals surface area contributed by atoms with Crippen molar-refractivity contribution in [2.24, 2.45) is 0 Å². The van der Waals surface area contributed by atoms with E-state index in [1.165, 1.54) is 19.2 Å². The van der Waals surface area contributed by atoms with Gasteiger partial charge in [0.15, 0.2) is 0 Å². The van der Waals surface area contributed by atoms with Crippen LogP contribution < -0.4 is 10.1 Å². The van der Waals surface area contributed by atoms with Gasteiger partial charge in [-0.2, -0.15) is 0 Å². The molecule has 1 aromatic carbocycles. The van der Waals surface area contributed by atoms with E-state index in [9.17, 15) is 24.3 Å². The second-order valence-electron chi connectivity index (χ2n) is 5.29. The maximum absolute atomic E-state index is 12.5. The van der Waals surface area contributed by atoms with Crippen molar-refractivity contribution in [3.63, 3.8) is 0 Å². The SMILES string of the molecule is COC(=O)C(Nc1ccc(OC)cc1)=C(C(=O)OC)/C(C(=O)OC)=C(\O)C(=O)OC.